The van der Waals surface area contributed by atoms with Crippen LogP contribution in [0, 0.1) is 13.8 Å². The Morgan fingerprint density at radius 3 is 2.71 bits per heavy atom. The van der Waals surface area contributed by atoms with Gasteiger partial charge in [-0.15, -0.1) is 0 Å². The summed E-state index contributed by atoms with van der Waals surface area (Å²) in [4.78, 5) is 9.02. The van der Waals surface area contributed by atoms with E-state index in [2.05, 4.69) is 22.2 Å². The maximum absolute atomic E-state index is 6.73. The molecular formula is C18H25ClN4O. The first-order valence-electron chi connectivity index (χ1n) is 8.26. The van der Waals surface area contributed by atoms with Gasteiger partial charge in [0.2, 0.25) is 0 Å². The Kier molecular flexibility index (Phi) is 6.82. The van der Waals surface area contributed by atoms with Crippen LogP contribution in [0.3, 0.4) is 0 Å². The Labute approximate surface area is 148 Å². The van der Waals surface area contributed by atoms with Gasteiger partial charge in [-0.1, -0.05) is 24.9 Å². The van der Waals surface area contributed by atoms with E-state index in [9.17, 15) is 0 Å². The molecule has 2 rings (SSSR count). The van der Waals surface area contributed by atoms with Crippen LogP contribution in [0.4, 0.5) is 5.82 Å². The molecule has 0 aliphatic carbocycles. The van der Waals surface area contributed by atoms with Crippen molar-refractivity contribution in [1.82, 2.24) is 9.97 Å². The summed E-state index contributed by atoms with van der Waals surface area (Å²) in [6, 6.07) is 3.78. The normalized spacial score (nSPS) is 12.2. The molecule has 5 nitrogen and oxygen atoms in total. The standard InChI is InChI=1S/C18H25ClN4O/c1-4-6-14(8-9-20)17(19)16-12(2)22-13(3)23-18(16)21-11-15-7-5-10-24-15/h5,7,10H,4,6,8-9,11,20H2,1-3H3,(H,21,22,23)/b17-14-. The average molecular weight is 349 g/mol. The fourth-order valence-corrected chi connectivity index (χ4v) is 3.10. The summed E-state index contributed by atoms with van der Waals surface area (Å²) in [6.45, 7) is 7.08. The van der Waals surface area contributed by atoms with Crippen LogP contribution in [0.25, 0.3) is 5.03 Å². The lowest BCUT2D eigenvalue weighted by molar-refractivity contribution is 0.517. The number of nitrogens with two attached hydrogens (primary N) is 1. The fourth-order valence-electron chi connectivity index (χ4n) is 2.68. The number of hydrogen-bond acceptors (Lipinski definition) is 5. The van der Waals surface area contributed by atoms with Gasteiger partial charge in [0, 0.05) is 0 Å². The molecule has 6 heteroatoms. The number of anilines is 1. The number of furan rings is 1. The van der Waals surface area contributed by atoms with E-state index in [1.165, 1.54) is 0 Å². The highest BCUT2D eigenvalue weighted by atomic mass is 35.5. The van der Waals surface area contributed by atoms with Gasteiger partial charge in [-0.05, 0) is 50.9 Å². The van der Waals surface area contributed by atoms with Crippen molar-refractivity contribution < 1.29 is 4.42 Å². The van der Waals surface area contributed by atoms with Gasteiger partial charge in [0.05, 0.1) is 29.1 Å². The molecule has 0 saturated carbocycles. The number of aromatic nitrogens is 2. The number of aryl methyl sites for hydroxylation is 2. The van der Waals surface area contributed by atoms with E-state index in [1.54, 1.807) is 6.26 Å². The number of nitrogens with zero attached hydrogens (tertiary/aromatic N) is 2. The van der Waals surface area contributed by atoms with Crippen LogP contribution in [0.2, 0.25) is 0 Å². The first-order valence-corrected chi connectivity index (χ1v) is 8.64. The molecule has 0 spiro atoms. The third-order valence-corrected chi connectivity index (χ3v) is 4.20. The fraction of sp³-hybridized carbons (Fsp3) is 0.444. The molecule has 2 aromatic heterocycles. The molecule has 0 aromatic carbocycles. The summed E-state index contributed by atoms with van der Waals surface area (Å²) in [7, 11) is 0. The summed E-state index contributed by atoms with van der Waals surface area (Å²) < 4.78 is 5.37. The molecule has 2 heterocycles. The molecule has 130 valence electrons. The number of nitrogens with one attached hydrogen (secondary N) is 1. The topological polar surface area (TPSA) is 77.0 Å². The van der Waals surface area contributed by atoms with E-state index in [4.69, 9.17) is 21.8 Å². The second kappa shape index (κ2) is 8.85. The Bertz CT molecular complexity index is 687. The maximum atomic E-state index is 6.73. The lowest BCUT2D eigenvalue weighted by Crippen LogP contribution is -2.09. The average Bonchev–Trinajstić information content (AvgIpc) is 3.05. The minimum Gasteiger partial charge on any atom is -0.467 e. The number of rotatable bonds is 8. The quantitative estimate of drug-likeness (QED) is 0.739. The zero-order valence-electron chi connectivity index (χ0n) is 14.5. The van der Waals surface area contributed by atoms with Crippen LogP contribution in [-0.2, 0) is 6.54 Å². The summed E-state index contributed by atoms with van der Waals surface area (Å²) in [5.74, 6) is 2.27. The Hall–Kier alpha value is -1.85. The molecule has 0 saturated heterocycles. The molecule has 24 heavy (non-hydrogen) atoms. The zero-order chi connectivity index (χ0) is 17.5. The van der Waals surface area contributed by atoms with Crippen molar-refractivity contribution >= 4 is 22.5 Å². The third-order valence-electron chi connectivity index (χ3n) is 3.74. The van der Waals surface area contributed by atoms with Crippen LogP contribution in [-0.4, -0.2) is 16.5 Å². The third kappa shape index (κ3) is 4.58. The summed E-state index contributed by atoms with van der Waals surface area (Å²) in [6.07, 6.45) is 4.37. The van der Waals surface area contributed by atoms with Crippen LogP contribution in [0.5, 0.6) is 0 Å². The first kappa shape index (κ1) is 18.5. The van der Waals surface area contributed by atoms with E-state index in [0.717, 1.165) is 47.7 Å². The van der Waals surface area contributed by atoms with Gasteiger partial charge in [0.1, 0.15) is 17.4 Å². The highest BCUT2D eigenvalue weighted by Crippen LogP contribution is 2.33. The van der Waals surface area contributed by atoms with Crippen LogP contribution < -0.4 is 11.1 Å². The van der Waals surface area contributed by atoms with Crippen molar-refractivity contribution in [2.75, 3.05) is 11.9 Å². The molecule has 0 aliphatic rings. The molecule has 0 bridgehead atoms. The predicted molar refractivity (Wildman–Crippen MR) is 98.9 cm³/mol. The van der Waals surface area contributed by atoms with Gasteiger partial charge in [0.25, 0.3) is 0 Å². The highest BCUT2D eigenvalue weighted by Gasteiger charge is 2.17. The van der Waals surface area contributed by atoms with Gasteiger partial charge in [-0.3, -0.25) is 0 Å². The van der Waals surface area contributed by atoms with Gasteiger partial charge >= 0.3 is 0 Å². The van der Waals surface area contributed by atoms with Crippen molar-refractivity contribution in [1.29, 1.82) is 0 Å². The molecule has 0 atom stereocenters. The largest absolute Gasteiger partial charge is 0.467 e. The smallest absolute Gasteiger partial charge is 0.139 e. The van der Waals surface area contributed by atoms with Crippen LogP contribution in [0.1, 0.15) is 49.0 Å². The highest BCUT2D eigenvalue weighted by molar-refractivity contribution is 6.49. The van der Waals surface area contributed by atoms with E-state index >= 15 is 0 Å². The van der Waals surface area contributed by atoms with Crippen molar-refractivity contribution in [3.05, 3.63) is 46.8 Å². The second-order valence-corrected chi connectivity index (χ2v) is 6.10. The predicted octanol–water partition coefficient (Wildman–Crippen LogP) is 4.40. The lowest BCUT2D eigenvalue weighted by Gasteiger charge is -2.16. The van der Waals surface area contributed by atoms with Gasteiger partial charge in [0.15, 0.2) is 0 Å². The molecule has 0 radical (unpaired) electrons. The first-order chi connectivity index (χ1) is 11.6. The van der Waals surface area contributed by atoms with E-state index in [-0.39, 0.29) is 0 Å². The van der Waals surface area contributed by atoms with Gasteiger partial charge in [-0.25, -0.2) is 9.97 Å². The van der Waals surface area contributed by atoms with Crippen molar-refractivity contribution in [3.8, 4) is 0 Å². The van der Waals surface area contributed by atoms with E-state index < -0.39 is 0 Å². The summed E-state index contributed by atoms with van der Waals surface area (Å²) in [5.41, 5.74) is 8.61. The SMILES string of the molecule is CCC/C(CCN)=C(/Cl)c1c(C)nc(C)nc1NCc1ccco1. The summed E-state index contributed by atoms with van der Waals surface area (Å²) in [5, 5.41) is 4.03. The maximum Gasteiger partial charge on any atom is 0.139 e. The molecule has 0 amide bonds. The number of hydrogen-bond donors (Lipinski definition) is 2. The van der Waals surface area contributed by atoms with Crippen LogP contribution in [0.15, 0.2) is 28.4 Å². The van der Waals surface area contributed by atoms with E-state index in [0.29, 0.717) is 23.9 Å². The molecular weight excluding hydrogens is 324 g/mol. The molecule has 0 aliphatic heterocycles. The monoisotopic (exact) mass is 348 g/mol. The zero-order valence-corrected chi connectivity index (χ0v) is 15.3. The van der Waals surface area contributed by atoms with Gasteiger partial charge in [-0.2, -0.15) is 0 Å². The second-order valence-electron chi connectivity index (χ2n) is 5.72. The minimum atomic E-state index is 0.542. The molecule has 3 N–H and O–H groups in total. The van der Waals surface area contributed by atoms with Crippen LogP contribution >= 0.6 is 11.6 Å². The Morgan fingerprint density at radius 1 is 1.29 bits per heavy atom. The van der Waals surface area contributed by atoms with Crippen molar-refractivity contribution in [2.45, 2.75) is 46.6 Å². The van der Waals surface area contributed by atoms with Crippen molar-refractivity contribution in [2.24, 2.45) is 5.73 Å². The van der Waals surface area contributed by atoms with Crippen molar-refractivity contribution in [3.63, 3.8) is 0 Å². The lowest BCUT2D eigenvalue weighted by atomic mass is 10.0. The Balaban J connectivity index is 2.41. The summed E-state index contributed by atoms with van der Waals surface area (Å²) >= 11 is 6.73. The molecule has 0 unspecified atom stereocenters. The van der Waals surface area contributed by atoms with E-state index in [1.807, 2.05) is 26.0 Å². The minimum absolute atomic E-state index is 0.542. The molecule has 0 fully saturated rings. The van der Waals surface area contributed by atoms with Gasteiger partial charge < -0.3 is 15.5 Å². The Morgan fingerprint density at radius 2 is 2.08 bits per heavy atom. The number of halogens is 1. The molecule has 2 aromatic rings.